The second-order valence-corrected chi connectivity index (χ2v) is 12.0. The maximum atomic E-state index is 12.6. The Hall–Kier alpha value is -1.70. The van der Waals surface area contributed by atoms with E-state index in [1.54, 1.807) is 24.3 Å². The zero-order valence-corrected chi connectivity index (χ0v) is 20.1. The van der Waals surface area contributed by atoms with Gasteiger partial charge in [-0.2, -0.15) is 4.31 Å². The van der Waals surface area contributed by atoms with E-state index in [9.17, 15) is 21.6 Å². The smallest absolute Gasteiger partial charge is 0.245 e. The molecule has 2 aromatic carbocycles. The van der Waals surface area contributed by atoms with Crippen LogP contribution >= 0.6 is 22.6 Å². The maximum Gasteiger partial charge on any atom is 0.245 e. The topological polar surface area (TPSA) is 104 Å². The fourth-order valence-corrected chi connectivity index (χ4v) is 5.86. The molecule has 162 valence electrons. The second kappa shape index (κ2) is 9.20. The first-order valence-corrected chi connectivity index (χ1v) is 13.6. The first-order valence-electron chi connectivity index (χ1n) is 9.21. The summed E-state index contributed by atoms with van der Waals surface area (Å²) in [6, 6.07) is 12.7. The Morgan fingerprint density at radius 1 is 1.00 bits per heavy atom. The molecule has 0 unspecified atom stereocenters. The van der Waals surface area contributed by atoms with E-state index in [0.29, 0.717) is 24.5 Å². The molecule has 30 heavy (non-hydrogen) atoms. The van der Waals surface area contributed by atoms with E-state index < -0.39 is 32.5 Å². The molecular formula is C19H22IN3O5S2. The highest BCUT2D eigenvalue weighted by Gasteiger charge is 2.27. The van der Waals surface area contributed by atoms with Crippen LogP contribution in [0.2, 0.25) is 0 Å². The highest BCUT2D eigenvalue weighted by atomic mass is 127. The SMILES string of the molecule is CS(=O)(=O)N(CC(=O)Nc1ccc(S(=O)(=O)N2CCCC2)cc1)c1ccc(I)cc1. The van der Waals surface area contributed by atoms with E-state index in [1.807, 2.05) is 0 Å². The third-order valence-electron chi connectivity index (χ3n) is 4.64. The predicted molar refractivity (Wildman–Crippen MR) is 124 cm³/mol. The van der Waals surface area contributed by atoms with Crippen LogP contribution in [0.15, 0.2) is 53.4 Å². The lowest BCUT2D eigenvalue weighted by molar-refractivity contribution is -0.114. The van der Waals surface area contributed by atoms with Crippen LogP contribution in [-0.2, 0) is 24.8 Å². The van der Waals surface area contributed by atoms with Crippen LogP contribution in [-0.4, -0.2) is 52.9 Å². The van der Waals surface area contributed by atoms with Crippen molar-refractivity contribution in [2.45, 2.75) is 17.7 Å². The van der Waals surface area contributed by atoms with Gasteiger partial charge in [-0.15, -0.1) is 0 Å². The summed E-state index contributed by atoms with van der Waals surface area (Å²) in [6.07, 6.45) is 2.74. The van der Waals surface area contributed by atoms with Gasteiger partial charge in [-0.25, -0.2) is 16.8 Å². The number of nitrogens with one attached hydrogen (secondary N) is 1. The van der Waals surface area contributed by atoms with Gasteiger partial charge in [0.1, 0.15) is 6.54 Å². The molecule has 1 aliphatic rings. The van der Waals surface area contributed by atoms with Crippen LogP contribution < -0.4 is 9.62 Å². The maximum absolute atomic E-state index is 12.6. The van der Waals surface area contributed by atoms with Crippen molar-refractivity contribution in [2.75, 3.05) is 35.5 Å². The fourth-order valence-electron chi connectivity index (χ4n) is 3.13. The van der Waals surface area contributed by atoms with Gasteiger partial charge in [-0.1, -0.05) is 0 Å². The summed E-state index contributed by atoms with van der Waals surface area (Å²) in [5, 5.41) is 2.62. The van der Waals surface area contributed by atoms with E-state index in [4.69, 9.17) is 0 Å². The molecule has 0 saturated carbocycles. The zero-order chi connectivity index (χ0) is 21.9. The van der Waals surface area contributed by atoms with Crippen LogP contribution in [0, 0.1) is 3.57 Å². The molecule has 0 radical (unpaired) electrons. The summed E-state index contributed by atoms with van der Waals surface area (Å²) in [5.74, 6) is -0.533. The monoisotopic (exact) mass is 563 g/mol. The van der Waals surface area contributed by atoms with Crippen LogP contribution in [0.1, 0.15) is 12.8 Å². The Morgan fingerprint density at radius 3 is 2.10 bits per heavy atom. The third-order valence-corrected chi connectivity index (χ3v) is 8.42. The number of anilines is 2. The van der Waals surface area contributed by atoms with Gasteiger partial charge in [0.2, 0.25) is 26.0 Å². The van der Waals surface area contributed by atoms with Crippen molar-refractivity contribution in [3.63, 3.8) is 0 Å². The quantitative estimate of drug-likeness (QED) is 0.522. The number of rotatable bonds is 7. The van der Waals surface area contributed by atoms with Crippen LogP contribution in [0.3, 0.4) is 0 Å². The standard InChI is InChI=1S/C19H22IN3O5S2/c1-29(25,26)23(17-8-4-15(20)5-9-17)14-19(24)21-16-6-10-18(11-7-16)30(27,28)22-12-2-3-13-22/h4-11H,2-3,12-14H2,1H3,(H,21,24). The van der Waals surface area contributed by atoms with Gasteiger partial charge in [0.05, 0.1) is 16.8 Å². The van der Waals surface area contributed by atoms with Gasteiger partial charge in [0.25, 0.3) is 0 Å². The number of halogens is 1. The largest absolute Gasteiger partial charge is 0.325 e. The normalized spacial score (nSPS) is 15.1. The minimum absolute atomic E-state index is 0.166. The number of hydrogen-bond acceptors (Lipinski definition) is 5. The van der Waals surface area contributed by atoms with Crippen LogP contribution in [0.25, 0.3) is 0 Å². The first-order chi connectivity index (χ1) is 14.1. The summed E-state index contributed by atoms with van der Waals surface area (Å²) in [6.45, 7) is 0.634. The van der Waals surface area contributed by atoms with Crippen molar-refractivity contribution in [3.8, 4) is 0 Å². The molecular weight excluding hydrogens is 541 g/mol. The van der Waals surface area contributed by atoms with Gasteiger partial charge >= 0.3 is 0 Å². The lowest BCUT2D eigenvalue weighted by atomic mass is 10.3. The van der Waals surface area contributed by atoms with Crippen molar-refractivity contribution in [2.24, 2.45) is 0 Å². The van der Waals surface area contributed by atoms with Crippen molar-refractivity contribution in [3.05, 3.63) is 52.1 Å². The molecule has 1 saturated heterocycles. The van der Waals surface area contributed by atoms with E-state index >= 15 is 0 Å². The Morgan fingerprint density at radius 2 is 1.57 bits per heavy atom. The van der Waals surface area contributed by atoms with Gasteiger partial charge in [0, 0.05) is 22.3 Å². The van der Waals surface area contributed by atoms with Gasteiger partial charge in [-0.3, -0.25) is 9.10 Å². The van der Waals surface area contributed by atoms with E-state index in [1.165, 1.54) is 28.6 Å². The Bertz CT molecular complexity index is 1110. The second-order valence-electron chi connectivity index (χ2n) is 6.93. The number of amides is 1. The fraction of sp³-hybridized carbons (Fsp3) is 0.316. The lowest BCUT2D eigenvalue weighted by Gasteiger charge is -2.22. The lowest BCUT2D eigenvalue weighted by Crippen LogP contribution is -2.37. The Balaban J connectivity index is 1.71. The number of hydrogen-bond donors (Lipinski definition) is 1. The highest BCUT2D eigenvalue weighted by Crippen LogP contribution is 2.23. The molecule has 8 nitrogen and oxygen atoms in total. The average molecular weight is 563 g/mol. The molecule has 2 aromatic rings. The van der Waals surface area contributed by atoms with E-state index in [0.717, 1.165) is 27.0 Å². The molecule has 0 aliphatic carbocycles. The number of carbonyl (C=O) groups excluding carboxylic acids is 1. The van der Waals surface area contributed by atoms with Crippen molar-refractivity contribution >= 4 is 59.9 Å². The summed E-state index contributed by atoms with van der Waals surface area (Å²) in [5.41, 5.74) is 0.775. The zero-order valence-electron chi connectivity index (χ0n) is 16.3. The van der Waals surface area contributed by atoms with Gasteiger partial charge < -0.3 is 5.32 Å². The van der Waals surface area contributed by atoms with Crippen molar-refractivity contribution in [1.29, 1.82) is 0 Å². The van der Waals surface area contributed by atoms with Crippen molar-refractivity contribution < 1.29 is 21.6 Å². The Kier molecular flexibility index (Phi) is 7.05. The molecule has 1 aliphatic heterocycles. The van der Waals surface area contributed by atoms with Crippen LogP contribution in [0.4, 0.5) is 11.4 Å². The minimum atomic E-state index is -3.67. The number of benzene rings is 2. The molecule has 11 heteroatoms. The van der Waals surface area contributed by atoms with Gasteiger partial charge in [-0.05, 0) is 84.0 Å². The molecule has 1 N–H and O–H groups in total. The van der Waals surface area contributed by atoms with Crippen molar-refractivity contribution in [1.82, 2.24) is 4.31 Å². The molecule has 0 bridgehead atoms. The summed E-state index contributed by atoms with van der Waals surface area (Å²) < 4.78 is 52.9. The number of nitrogens with zero attached hydrogens (tertiary/aromatic N) is 2. The predicted octanol–water partition coefficient (Wildman–Crippen LogP) is 2.48. The first kappa shape index (κ1) is 23.0. The number of sulfonamides is 2. The van der Waals surface area contributed by atoms with Gasteiger partial charge in [0.15, 0.2) is 0 Å². The minimum Gasteiger partial charge on any atom is -0.325 e. The van der Waals surface area contributed by atoms with Crippen LogP contribution in [0.5, 0.6) is 0 Å². The number of carbonyl (C=O) groups is 1. The molecule has 3 rings (SSSR count). The summed E-state index contributed by atoms with van der Waals surface area (Å²) in [7, 11) is -7.20. The average Bonchev–Trinajstić information content (AvgIpc) is 3.22. The third kappa shape index (κ3) is 5.50. The Labute approximate surface area is 190 Å². The highest BCUT2D eigenvalue weighted by molar-refractivity contribution is 14.1. The summed E-state index contributed by atoms with van der Waals surface area (Å²) in [4.78, 5) is 12.6. The molecule has 1 amide bonds. The molecule has 1 fully saturated rings. The molecule has 1 heterocycles. The van der Waals surface area contributed by atoms with E-state index in [2.05, 4.69) is 27.9 Å². The summed E-state index contributed by atoms with van der Waals surface area (Å²) >= 11 is 2.11. The molecule has 0 atom stereocenters. The molecule has 0 spiro atoms. The van der Waals surface area contributed by atoms with E-state index in [-0.39, 0.29) is 4.90 Å². The molecule has 0 aromatic heterocycles.